The minimum atomic E-state index is -4.08. The van der Waals surface area contributed by atoms with Crippen molar-refractivity contribution in [3.05, 3.63) is 29.8 Å². The van der Waals surface area contributed by atoms with E-state index in [0.717, 1.165) is 17.9 Å². The van der Waals surface area contributed by atoms with Crippen molar-refractivity contribution in [1.82, 2.24) is 0 Å². The van der Waals surface area contributed by atoms with Crippen LogP contribution in [-0.4, -0.2) is 42.5 Å². The zero-order valence-corrected chi connectivity index (χ0v) is 13.5. The molecule has 1 aromatic rings. The van der Waals surface area contributed by atoms with Crippen LogP contribution < -0.4 is 0 Å². The maximum atomic E-state index is 11.0. The van der Waals surface area contributed by atoms with Gasteiger partial charge in [0.05, 0.1) is 4.90 Å². The summed E-state index contributed by atoms with van der Waals surface area (Å²) in [6.45, 7) is 6.67. The van der Waals surface area contributed by atoms with Crippen LogP contribution in [0.15, 0.2) is 29.2 Å². The summed E-state index contributed by atoms with van der Waals surface area (Å²) in [6, 6.07) is 6.53. The number of hydrogen-bond acceptors (Lipinski definition) is 2. The molecule has 2 atom stereocenters. The fourth-order valence-electron chi connectivity index (χ4n) is 2.28. The molecule has 1 aromatic carbocycles. The molecule has 0 saturated carbocycles. The molecule has 0 aliphatic carbocycles. The molecular formula is C16H27NaO3S. The zero-order chi connectivity index (χ0) is 15.2. The number of hydrogen-bond donors (Lipinski definition) is 1. The summed E-state index contributed by atoms with van der Waals surface area (Å²) in [5, 5.41) is 0. The van der Waals surface area contributed by atoms with E-state index in [0.29, 0.717) is 5.92 Å². The molecule has 0 fully saturated rings. The molecule has 1 rings (SSSR count). The van der Waals surface area contributed by atoms with Gasteiger partial charge < -0.3 is 0 Å². The molecule has 0 aliphatic rings. The van der Waals surface area contributed by atoms with Crippen molar-refractivity contribution in [3.8, 4) is 0 Å². The monoisotopic (exact) mass is 322 g/mol. The topological polar surface area (TPSA) is 54.4 Å². The molecule has 0 spiro atoms. The van der Waals surface area contributed by atoms with Gasteiger partial charge in [0, 0.05) is 0 Å². The third-order valence-corrected chi connectivity index (χ3v) is 4.90. The van der Waals surface area contributed by atoms with E-state index < -0.39 is 10.1 Å². The SMILES string of the molecule is CCC(C)CCCCC(C)c1ccc(S(=O)(=O)O)cc1.[NaH]. The second-order valence-electron chi connectivity index (χ2n) is 5.74. The van der Waals surface area contributed by atoms with Crippen LogP contribution in [0.2, 0.25) is 0 Å². The second kappa shape index (κ2) is 10.0. The van der Waals surface area contributed by atoms with Gasteiger partial charge in [-0.1, -0.05) is 58.6 Å². The van der Waals surface area contributed by atoms with Crippen molar-refractivity contribution in [2.75, 3.05) is 0 Å². The molecule has 0 bridgehead atoms. The van der Waals surface area contributed by atoms with E-state index >= 15 is 0 Å². The van der Waals surface area contributed by atoms with Gasteiger partial charge in [-0.05, 0) is 36.0 Å². The van der Waals surface area contributed by atoms with Gasteiger partial charge in [-0.15, -0.1) is 0 Å². The van der Waals surface area contributed by atoms with Crippen molar-refractivity contribution in [3.63, 3.8) is 0 Å². The predicted molar refractivity (Wildman–Crippen MR) is 89.7 cm³/mol. The first kappa shape index (κ1) is 21.1. The predicted octanol–water partition coefficient (Wildman–Crippen LogP) is 3.99. The second-order valence-corrected chi connectivity index (χ2v) is 7.16. The molecule has 0 aromatic heterocycles. The standard InChI is InChI=1S/C16H26O3S.Na.H/c1-4-13(2)7-5-6-8-14(3)15-9-11-16(12-10-15)20(17,18)19;;/h9-14H,4-8H2,1-3H3,(H,17,18,19);;. The average molecular weight is 322 g/mol. The minimum absolute atomic E-state index is 0. The Hall–Kier alpha value is 0.130. The van der Waals surface area contributed by atoms with E-state index in [-0.39, 0.29) is 34.5 Å². The molecule has 0 saturated heterocycles. The number of rotatable bonds is 8. The van der Waals surface area contributed by atoms with E-state index in [1.54, 1.807) is 12.1 Å². The summed E-state index contributed by atoms with van der Waals surface area (Å²) in [7, 11) is -4.08. The first-order valence-electron chi connectivity index (χ1n) is 7.42. The van der Waals surface area contributed by atoms with Crippen LogP contribution in [0.3, 0.4) is 0 Å². The molecule has 5 heteroatoms. The van der Waals surface area contributed by atoms with E-state index in [9.17, 15) is 8.42 Å². The normalized spacial score (nSPS) is 14.3. The third kappa shape index (κ3) is 7.80. The van der Waals surface area contributed by atoms with Gasteiger partial charge >= 0.3 is 29.6 Å². The molecule has 116 valence electrons. The van der Waals surface area contributed by atoms with Crippen LogP contribution in [0.5, 0.6) is 0 Å². The summed E-state index contributed by atoms with van der Waals surface area (Å²) in [5.74, 6) is 1.22. The van der Waals surface area contributed by atoms with Crippen LogP contribution in [0.25, 0.3) is 0 Å². The Balaban J connectivity index is 0.00000400. The van der Waals surface area contributed by atoms with Crippen LogP contribution in [0.1, 0.15) is 64.4 Å². The van der Waals surface area contributed by atoms with Gasteiger partial charge in [0.1, 0.15) is 0 Å². The van der Waals surface area contributed by atoms with Crippen molar-refractivity contribution >= 4 is 39.7 Å². The first-order chi connectivity index (χ1) is 9.34. The Kier molecular flexibility index (Phi) is 10.1. The summed E-state index contributed by atoms with van der Waals surface area (Å²) >= 11 is 0. The first-order valence-corrected chi connectivity index (χ1v) is 8.86. The number of benzene rings is 1. The van der Waals surface area contributed by atoms with Crippen LogP contribution in [0, 0.1) is 5.92 Å². The van der Waals surface area contributed by atoms with Crippen LogP contribution >= 0.6 is 0 Å². The van der Waals surface area contributed by atoms with Crippen LogP contribution in [0.4, 0.5) is 0 Å². The van der Waals surface area contributed by atoms with Gasteiger partial charge in [0.15, 0.2) is 0 Å². The molecule has 21 heavy (non-hydrogen) atoms. The molecule has 0 amide bonds. The van der Waals surface area contributed by atoms with E-state index in [1.165, 1.54) is 37.8 Å². The molecule has 2 unspecified atom stereocenters. The summed E-state index contributed by atoms with van der Waals surface area (Å²) in [4.78, 5) is -0.0368. The van der Waals surface area contributed by atoms with Crippen molar-refractivity contribution in [2.45, 2.75) is 63.7 Å². The average Bonchev–Trinajstić information content (AvgIpc) is 2.42. The fourth-order valence-corrected chi connectivity index (χ4v) is 2.76. The Labute approximate surface area is 151 Å². The van der Waals surface area contributed by atoms with Crippen molar-refractivity contribution in [1.29, 1.82) is 0 Å². The van der Waals surface area contributed by atoms with Crippen molar-refractivity contribution < 1.29 is 13.0 Å². The molecule has 0 radical (unpaired) electrons. The Bertz CT molecular complexity index is 497. The fraction of sp³-hybridized carbons (Fsp3) is 0.625. The van der Waals surface area contributed by atoms with E-state index in [1.807, 2.05) is 0 Å². The van der Waals surface area contributed by atoms with Gasteiger partial charge in [0.2, 0.25) is 0 Å². The maximum absolute atomic E-state index is 11.0. The molecule has 3 nitrogen and oxygen atoms in total. The number of unbranched alkanes of at least 4 members (excludes halogenated alkanes) is 1. The van der Waals surface area contributed by atoms with Gasteiger partial charge in [0.25, 0.3) is 10.1 Å². The molecule has 1 N–H and O–H groups in total. The van der Waals surface area contributed by atoms with Crippen LogP contribution in [-0.2, 0) is 10.1 Å². The third-order valence-electron chi connectivity index (χ3n) is 4.03. The molecule has 0 aliphatic heterocycles. The Morgan fingerprint density at radius 3 is 2.05 bits per heavy atom. The van der Waals surface area contributed by atoms with E-state index in [2.05, 4.69) is 20.8 Å². The van der Waals surface area contributed by atoms with Crippen molar-refractivity contribution in [2.24, 2.45) is 5.92 Å². The summed E-state index contributed by atoms with van der Waals surface area (Å²) in [6.07, 6.45) is 6.09. The van der Waals surface area contributed by atoms with E-state index in [4.69, 9.17) is 4.55 Å². The Morgan fingerprint density at radius 1 is 1.05 bits per heavy atom. The van der Waals surface area contributed by atoms with Gasteiger partial charge in [-0.2, -0.15) is 8.42 Å². The Morgan fingerprint density at radius 2 is 1.57 bits per heavy atom. The quantitative estimate of drug-likeness (QED) is 0.447. The summed E-state index contributed by atoms with van der Waals surface area (Å²) in [5.41, 5.74) is 1.13. The zero-order valence-electron chi connectivity index (χ0n) is 12.7. The molecule has 0 heterocycles. The molecular weight excluding hydrogens is 295 g/mol. The summed E-state index contributed by atoms with van der Waals surface area (Å²) < 4.78 is 30.9. The van der Waals surface area contributed by atoms with Gasteiger partial charge in [-0.25, -0.2) is 0 Å². The van der Waals surface area contributed by atoms with Gasteiger partial charge in [-0.3, -0.25) is 4.55 Å².